The van der Waals surface area contributed by atoms with Crippen LogP contribution in [0.2, 0.25) is 0 Å². The van der Waals surface area contributed by atoms with E-state index in [-0.39, 0.29) is 6.61 Å². The van der Waals surface area contributed by atoms with E-state index in [0.29, 0.717) is 6.61 Å². The molecule has 0 bridgehead atoms. The molecule has 0 radical (unpaired) electrons. The van der Waals surface area contributed by atoms with Crippen LogP contribution in [0.5, 0.6) is 0 Å². The molecule has 3 N–H and O–H groups in total. The average molecular weight is 178 g/mol. The minimum atomic E-state index is -1.18. The fourth-order valence-corrected chi connectivity index (χ4v) is 1.09. The summed E-state index contributed by atoms with van der Waals surface area (Å²) in [5.74, 6) is 0. The Hall–Kier alpha value is -0.200. The van der Waals surface area contributed by atoms with Crippen LogP contribution >= 0.6 is 0 Å². The predicted molar refractivity (Wildman–Crippen MR) is 39.4 cm³/mol. The highest BCUT2D eigenvalue weighted by Gasteiger charge is 2.37. The first-order chi connectivity index (χ1) is 5.66. The van der Waals surface area contributed by atoms with E-state index in [4.69, 9.17) is 14.6 Å². The summed E-state index contributed by atoms with van der Waals surface area (Å²) >= 11 is 0. The Bertz CT molecular complexity index is 140. The standard InChI is InChI=1S/C7H14O5/c1-2-11-7-6(10)5(9)4(8)3-12-7/h4-10H,2-3H2,1H3/t4-,5-,6+,7-/m0/s1. The van der Waals surface area contributed by atoms with Gasteiger partial charge in [0, 0.05) is 6.61 Å². The van der Waals surface area contributed by atoms with Crippen LogP contribution in [0.4, 0.5) is 0 Å². The van der Waals surface area contributed by atoms with Gasteiger partial charge in [-0.2, -0.15) is 0 Å². The molecule has 5 nitrogen and oxygen atoms in total. The van der Waals surface area contributed by atoms with Crippen molar-refractivity contribution in [1.29, 1.82) is 0 Å². The van der Waals surface area contributed by atoms with Gasteiger partial charge in [-0.15, -0.1) is 0 Å². The second kappa shape index (κ2) is 4.15. The maximum atomic E-state index is 9.28. The Morgan fingerprint density at radius 3 is 2.58 bits per heavy atom. The Labute approximate surface area is 70.5 Å². The molecule has 4 atom stereocenters. The number of hydrogen-bond donors (Lipinski definition) is 3. The van der Waals surface area contributed by atoms with Gasteiger partial charge in [-0.25, -0.2) is 0 Å². The van der Waals surface area contributed by atoms with Crippen LogP contribution in [0, 0.1) is 0 Å². The van der Waals surface area contributed by atoms with Crippen molar-refractivity contribution in [3.8, 4) is 0 Å². The summed E-state index contributed by atoms with van der Waals surface area (Å²) in [6.07, 6.45) is -4.21. The zero-order valence-corrected chi connectivity index (χ0v) is 6.88. The van der Waals surface area contributed by atoms with Crippen LogP contribution in [0.3, 0.4) is 0 Å². The molecule has 0 aromatic heterocycles. The molecule has 72 valence electrons. The summed E-state index contributed by atoms with van der Waals surface area (Å²) in [6.45, 7) is 2.14. The lowest BCUT2D eigenvalue weighted by atomic mass is 10.1. The van der Waals surface area contributed by atoms with Gasteiger partial charge in [0.2, 0.25) is 0 Å². The summed E-state index contributed by atoms with van der Waals surface area (Å²) in [7, 11) is 0. The Morgan fingerprint density at radius 2 is 2.00 bits per heavy atom. The van der Waals surface area contributed by atoms with Crippen LogP contribution in [-0.4, -0.2) is 53.1 Å². The van der Waals surface area contributed by atoms with E-state index < -0.39 is 24.6 Å². The van der Waals surface area contributed by atoms with E-state index >= 15 is 0 Å². The van der Waals surface area contributed by atoms with Crippen molar-refractivity contribution in [2.24, 2.45) is 0 Å². The maximum Gasteiger partial charge on any atom is 0.186 e. The first-order valence-corrected chi connectivity index (χ1v) is 3.94. The number of aliphatic hydroxyl groups is 3. The third kappa shape index (κ3) is 1.94. The lowest BCUT2D eigenvalue weighted by Crippen LogP contribution is -2.53. The van der Waals surface area contributed by atoms with Crippen molar-refractivity contribution >= 4 is 0 Å². The van der Waals surface area contributed by atoms with Gasteiger partial charge in [-0.05, 0) is 6.92 Å². The summed E-state index contributed by atoms with van der Waals surface area (Å²) in [5.41, 5.74) is 0. The van der Waals surface area contributed by atoms with Crippen LogP contribution in [0.15, 0.2) is 0 Å². The van der Waals surface area contributed by atoms with E-state index in [1.165, 1.54) is 0 Å². The molecule has 0 spiro atoms. The van der Waals surface area contributed by atoms with Crippen molar-refractivity contribution in [2.45, 2.75) is 31.5 Å². The van der Waals surface area contributed by atoms with Gasteiger partial charge >= 0.3 is 0 Å². The summed E-state index contributed by atoms with van der Waals surface area (Å²) in [4.78, 5) is 0. The van der Waals surface area contributed by atoms with Crippen LogP contribution in [-0.2, 0) is 9.47 Å². The van der Waals surface area contributed by atoms with E-state index in [0.717, 1.165) is 0 Å². The fraction of sp³-hybridized carbons (Fsp3) is 1.00. The number of rotatable bonds is 2. The van der Waals surface area contributed by atoms with E-state index in [1.54, 1.807) is 6.92 Å². The largest absolute Gasteiger partial charge is 0.388 e. The number of hydrogen-bond acceptors (Lipinski definition) is 5. The zero-order valence-electron chi connectivity index (χ0n) is 6.88. The molecular formula is C7H14O5. The molecule has 1 saturated heterocycles. The second-order valence-corrected chi connectivity index (χ2v) is 2.71. The van der Waals surface area contributed by atoms with E-state index in [9.17, 15) is 10.2 Å². The molecule has 0 aromatic rings. The van der Waals surface area contributed by atoms with Crippen molar-refractivity contribution in [1.82, 2.24) is 0 Å². The molecule has 12 heavy (non-hydrogen) atoms. The Balaban J connectivity index is 2.46. The van der Waals surface area contributed by atoms with Crippen LogP contribution in [0.1, 0.15) is 6.92 Å². The van der Waals surface area contributed by atoms with Gasteiger partial charge in [-0.1, -0.05) is 0 Å². The highest BCUT2D eigenvalue weighted by Crippen LogP contribution is 2.15. The molecular weight excluding hydrogens is 164 g/mol. The lowest BCUT2D eigenvalue weighted by molar-refractivity contribution is -0.268. The van der Waals surface area contributed by atoms with E-state index in [2.05, 4.69) is 0 Å². The molecule has 1 fully saturated rings. The summed E-state index contributed by atoms with van der Waals surface area (Å²) in [6, 6.07) is 0. The second-order valence-electron chi connectivity index (χ2n) is 2.71. The minimum absolute atomic E-state index is 0.0110. The number of ether oxygens (including phenoxy) is 2. The summed E-state index contributed by atoms with van der Waals surface area (Å²) in [5, 5.41) is 27.5. The average Bonchev–Trinajstić information content (AvgIpc) is 2.07. The molecule has 0 aliphatic carbocycles. The van der Waals surface area contributed by atoms with Crippen LogP contribution in [0.25, 0.3) is 0 Å². The third-order valence-corrected chi connectivity index (χ3v) is 1.79. The first kappa shape index (κ1) is 9.88. The zero-order chi connectivity index (χ0) is 9.14. The van der Waals surface area contributed by atoms with Crippen molar-refractivity contribution in [2.75, 3.05) is 13.2 Å². The maximum absolute atomic E-state index is 9.28. The molecule has 0 amide bonds. The summed E-state index contributed by atoms with van der Waals surface area (Å²) < 4.78 is 9.90. The lowest BCUT2D eigenvalue weighted by Gasteiger charge is -2.34. The third-order valence-electron chi connectivity index (χ3n) is 1.79. The van der Waals surface area contributed by atoms with Gasteiger partial charge in [0.25, 0.3) is 0 Å². The molecule has 0 saturated carbocycles. The van der Waals surface area contributed by atoms with Gasteiger partial charge in [0.1, 0.15) is 18.3 Å². The molecule has 1 rings (SSSR count). The highest BCUT2D eigenvalue weighted by molar-refractivity contribution is 4.82. The van der Waals surface area contributed by atoms with Crippen molar-refractivity contribution < 1.29 is 24.8 Å². The van der Waals surface area contributed by atoms with Gasteiger partial charge in [0.05, 0.1) is 6.61 Å². The van der Waals surface area contributed by atoms with Crippen molar-refractivity contribution in [3.05, 3.63) is 0 Å². The van der Waals surface area contributed by atoms with Gasteiger partial charge in [0.15, 0.2) is 6.29 Å². The SMILES string of the molecule is CCO[C@H]1OC[C@H](O)[C@H](O)[C@H]1O. The Kier molecular flexibility index (Phi) is 3.42. The molecule has 0 unspecified atom stereocenters. The quantitative estimate of drug-likeness (QED) is 0.477. The van der Waals surface area contributed by atoms with E-state index in [1.807, 2.05) is 0 Å². The fourth-order valence-electron chi connectivity index (χ4n) is 1.09. The molecule has 5 heteroatoms. The van der Waals surface area contributed by atoms with Crippen LogP contribution < -0.4 is 0 Å². The van der Waals surface area contributed by atoms with Crippen molar-refractivity contribution in [3.63, 3.8) is 0 Å². The highest BCUT2D eigenvalue weighted by atomic mass is 16.7. The monoisotopic (exact) mass is 178 g/mol. The molecule has 0 aromatic carbocycles. The first-order valence-electron chi connectivity index (χ1n) is 3.94. The Morgan fingerprint density at radius 1 is 1.33 bits per heavy atom. The minimum Gasteiger partial charge on any atom is -0.388 e. The number of aliphatic hydroxyl groups excluding tert-OH is 3. The topological polar surface area (TPSA) is 79.2 Å². The van der Waals surface area contributed by atoms with Gasteiger partial charge in [-0.3, -0.25) is 0 Å². The molecule has 1 heterocycles. The molecule has 1 aliphatic rings. The smallest absolute Gasteiger partial charge is 0.186 e. The van der Waals surface area contributed by atoms with Gasteiger partial charge < -0.3 is 24.8 Å². The molecule has 1 aliphatic heterocycles. The predicted octanol–water partition coefficient (Wildman–Crippen LogP) is -1.54. The normalized spacial score (nSPS) is 43.0.